The van der Waals surface area contributed by atoms with Crippen LogP contribution in [0.2, 0.25) is 0 Å². The highest BCUT2D eigenvalue weighted by molar-refractivity contribution is 7.99. The van der Waals surface area contributed by atoms with E-state index in [0.717, 1.165) is 16.2 Å². The summed E-state index contributed by atoms with van der Waals surface area (Å²) < 4.78 is 5.43. The van der Waals surface area contributed by atoms with Crippen molar-refractivity contribution < 1.29 is 4.74 Å². The van der Waals surface area contributed by atoms with Crippen LogP contribution in [0.25, 0.3) is 0 Å². The zero-order chi connectivity index (χ0) is 14.7. The first-order valence-electron chi connectivity index (χ1n) is 6.70. The van der Waals surface area contributed by atoms with Gasteiger partial charge in [-0.3, -0.25) is 0 Å². The van der Waals surface area contributed by atoms with E-state index < -0.39 is 0 Å². The lowest BCUT2D eigenvalue weighted by Crippen LogP contribution is -2.08. The van der Waals surface area contributed by atoms with Gasteiger partial charge in [0.1, 0.15) is 5.75 Å². The van der Waals surface area contributed by atoms with Crippen LogP contribution in [-0.4, -0.2) is 7.11 Å². The molecule has 0 spiro atoms. The number of benzene rings is 2. The molecule has 20 heavy (non-hydrogen) atoms. The van der Waals surface area contributed by atoms with E-state index >= 15 is 0 Å². The number of aryl methyl sites for hydroxylation is 2. The molecule has 0 radical (unpaired) electrons. The van der Waals surface area contributed by atoms with E-state index in [2.05, 4.69) is 38.1 Å². The van der Waals surface area contributed by atoms with E-state index in [1.807, 2.05) is 19.1 Å². The van der Waals surface area contributed by atoms with Gasteiger partial charge in [0.15, 0.2) is 0 Å². The first kappa shape index (κ1) is 14.9. The molecule has 2 aromatic carbocycles. The van der Waals surface area contributed by atoms with Gasteiger partial charge in [-0.15, -0.1) is 0 Å². The number of hydrogen-bond donors (Lipinski definition) is 1. The van der Waals surface area contributed by atoms with E-state index in [0.29, 0.717) is 0 Å². The van der Waals surface area contributed by atoms with Crippen molar-refractivity contribution in [1.29, 1.82) is 0 Å². The average Bonchev–Trinajstić information content (AvgIpc) is 2.42. The Morgan fingerprint density at radius 3 is 2.45 bits per heavy atom. The van der Waals surface area contributed by atoms with Crippen LogP contribution in [0.4, 0.5) is 0 Å². The maximum Gasteiger partial charge on any atom is 0.124 e. The maximum absolute atomic E-state index is 6.11. The molecule has 2 N–H and O–H groups in total. The summed E-state index contributed by atoms with van der Waals surface area (Å²) in [5.41, 5.74) is 9.79. The van der Waals surface area contributed by atoms with Gasteiger partial charge in [-0.05, 0) is 56.2 Å². The Bertz CT molecular complexity index is 608. The van der Waals surface area contributed by atoms with Crippen molar-refractivity contribution in [2.24, 2.45) is 5.73 Å². The molecule has 106 valence electrons. The minimum Gasteiger partial charge on any atom is -0.496 e. The SMILES string of the molecule is COc1cccc(Sc2ccc(C)c(C)c2)c1C(C)N. The minimum absolute atomic E-state index is 0.0554. The standard InChI is InChI=1S/C17H21NOS/c1-11-8-9-14(10-12(11)2)20-16-7-5-6-15(19-4)17(16)13(3)18/h5-10,13H,18H2,1-4H3. The molecule has 1 atom stereocenters. The van der Waals surface area contributed by atoms with Crippen molar-refractivity contribution >= 4 is 11.8 Å². The molecule has 0 amide bonds. The fourth-order valence-corrected chi connectivity index (χ4v) is 3.31. The fraction of sp³-hybridized carbons (Fsp3) is 0.294. The van der Waals surface area contributed by atoms with E-state index in [1.54, 1.807) is 18.9 Å². The molecule has 0 aromatic heterocycles. The Balaban J connectivity index is 2.40. The van der Waals surface area contributed by atoms with Gasteiger partial charge < -0.3 is 10.5 Å². The smallest absolute Gasteiger partial charge is 0.124 e. The van der Waals surface area contributed by atoms with Crippen LogP contribution in [0.1, 0.15) is 29.7 Å². The highest BCUT2D eigenvalue weighted by Crippen LogP contribution is 2.38. The summed E-state index contributed by atoms with van der Waals surface area (Å²) in [6.45, 7) is 6.25. The predicted octanol–water partition coefficient (Wildman–Crippen LogP) is 4.48. The molecule has 2 aromatic rings. The van der Waals surface area contributed by atoms with Crippen molar-refractivity contribution in [3.8, 4) is 5.75 Å². The van der Waals surface area contributed by atoms with Gasteiger partial charge in [-0.2, -0.15) is 0 Å². The molecule has 3 heteroatoms. The molecule has 0 bridgehead atoms. The zero-order valence-electron chi connectivity index (χ0n) is 12.4. The maximum atomic E-state index is 6.11. The minimum atomic E-state index is -0.0554. The van der Waals surface area contributed by atoms with Crippen LogP contribution in [-0.2, 0) is 0 Å². The van der Waals surface area contributed by atoms with Crippen LogP contribution in [0, 0.1) is 13.8 Å². The Morgan fingerprint density at radius 1 is 1.10 bits per heavy atom. The largest absolute Gasteiger partial charge is 0.496 e. The van der Waals surface area contributed by atoms with Gasteiger partial charge in [0, 0.05) is 21.4 Å². The fourth-order valence-electron chi connectivity index (χ4n) is 2.14. The second kappa shape index (κ2) is 6.33. The van der Waals surface area contributed by atoms with Gasteiger partial charge in [0.25, 0.3) is 0 Å². The van der Waals surface area contributed by atoms with E-state index in [4.69, 9.17) is 10.5 Å². The summed E-state index contributed by atoms with van der Waals surface area (Å²) >= 11 is 1.73. The molecule has 0 heterocycles. The summed E-state index contributed by atoms with van der Waals surface area (Å²) in [5, 5.41) is 0. The van der Waals surface area contributed by atoms with Gasteiger partial charge in [-0.1, -0.05) is 23.9 Å². The summed E-state index contributed by atoms with van der Waals surface area (Å²) in [6.07, 6.45) is 0. The van der Waals surface area contributed by atoms with Crippen LogP contribution in [0.3, 0.4) is 0 Å². The molecule has 2 rings (SSSR count). The molecule has 0 aliphatic carbocycles. The highest BCUT2D eigenvalue weighted by Gasteiger charge is 2.14. The van der Waals surface area contributed by atoms with Gasteiger partial charge in [0.2, 0.25) is 0 Å². The number of hydrogen-bond acceptors (Lipinski definition) is 3. The third kappa shape index (κ3) is 3.17. The lowest BCUT2D eigenvalue weighted by atomic mass is 10.1. The van der Waals surface area contributed by atoms with Crippen LogP contribution >= 0.6 is 11.8 Å². The third-order valence-electron chi connectivity index (χ3n) is 3.41. The molecule has 1 unspecified atom stereocenters. The Labute approximate surface area is 125 Å². The summed E-state index contributed by atoms with van der Waals surface area (Å²) in [5.74, 6) is 0.855. The lowest BCUT2D eigenvalue weighted by Gasteiger charge is -2.16. The predicted molar refractivity (Wildman–Crippen MR) is 85.6 cm³/mol. The number of methoxy groups -OCH3 is 1. The van der Waals surface area contributed by atoms with Crippen molar-refractivity contribution in [2.75, 3.05) is 7.11 Å². The Kier molecular flexibility index (Phi) is 4.73. The van der Waals surface area contributed by atoms with Crippen molar-refractivity contribution in [1.82, 2.24) is 0 Å². The van der Waals surface area contributed by atoms with Gasteiger partial charge in [-0.25, -0.2) is 0 Å². The lowest BCUT2D eigenvalue weighted by molar-refractivity contribution is 0.405. The molecular formula is C17H21NOS. The Morgan fingerprint density at radius 2 is 1.85 bits per heavy atom. The van der Waals surface area contributed by atoms with E-state index in [-0.39, 0.29) is 6.04 Å². The van der Waals surface area contributed by atoms with Crippen molar-refractivity contribution in [3.63, 3.8) is 0 Å². The van der Waals surface area contributed by atoms with Crippen molar-refractivity contribution in [2.45, 2.75) is 36.6 Å². The molecule has 2 nitrogen and oxygen atoms in total. The van der Waals surface area contributed by atoms with Crippen LogP contribution in [0.5, 0.6) is 5.75 Å². The topological polar surface area (TPSA) is 35.2 Å². The first-order valence-corrected chi connectivity index (χ1v) is 7.52. The monoisotopic (exact) mass is 287 g/mol. The second-order valence-corrected chi connectivity index (χ2v) is 6.12. The average molecular weight is 287 g/mol. The number of ether oxygens (including phenoxy) is 1. The normalized spacial score (nSPS) is 12.2. The number of nitrogens with two attached hydrogens (primary N) is 1. The number of rotatable bonds is 4. The molecule has 0 aliphatic rings. The molecule has 0 aliphatic heterocycles. The third-order valence-corrected chi connectivity index (χ3v) is 4.47. The van der Waals surface area contributed by atoms with Gasteiger partial charge in [0.05, 0.1) is 7.11 Å². The van der Waals surface area contributed by atoms with E-state index in [1.165, 1.54) is 16.0 Å². The van der Waals surface area contributed by atoms with Gasteiger partial charge >= 0.3 is 0 Å². The van der Waals surface area contributed by atoms with E-state index in [9.17, 15) is 0 Å². The summed E-state index contributed by atoms with van der Waals surface area (Å²) in [6, 6.07) is 12.5. The summed E-state index contributed by atoms with van der Waals surface area (Å²) in [4.78, 5) is 2.38. The second-order valence-electron chi connectivity index (χ2n) is 5.01. The van der Waals surface area contributed by atoms with Crippen molar-refractivity contribution in [3.05, 3.63) is 53.1 Å². The Hall–Kier alpha value is -1.45. The molecular weight excluding hydrogens is 266 g/mol. The first-order chi connectivity index (χ1) is 9.52. The molecule has 0 saturated carbocycles. The molecule has 0 fully saturated rings. The molecule has 0 saturated heterocycles. The summed E-state index contributed by atoms with van der Waals surface area (Å²) in [7, 11) is 1.69. The highest BCUT2D eigenvalue weighted by atomic mass is 32.2. The quantitative estimate of drug-likeness (QED) is 0.900. The zero-order valence-corrected chi connectivity index (χ0v) is 13.3. The van der Waals surface area contributed by atoms with Crippen LogP contribution < -0.4 is 10.5 Å². The van der Waals surface area contributed by atoms with Crippen LogP contribution in [0.15, 0.2) is 46.2 Å².